The number of likely N-dealkylation sites (N-methyl/N-ethyl adjacent to an activating group) is 1. The average molecular weight is 1160 g/mol. The third-order valence-electron chi connectivity index (χ3n) is 15.1. The van der Waals surface area contributed by atoms with Crippen LogP contribution >= 0.6 is 0 Å². The standard InChI is InChI=1S/C74H131NO8/c1-6-8-10-12-14-16-18-20-22-24-26-28-29-30-31-32-33-34-35-36-37-38-39-40-41-42-43-45-47-49-51-53-55-57-59-61-63-65-72(77)83-70(69-82-74(73(78)79)80-67-66-75(3,4)5)68-81-71(76)64-62-60-58-56-54-52-50-48-46-44-27-25-23-21-19-17-15-13-11-9-7-2/h8,10,14,16,19-22,25-28,30-31,70,74H,6-7,9,11-13,15,17-18,23-24,29,32-69H2,1-5H3/p+1/b10-8-,16-14-,21-19-,22-20-,27-25-,28-26-,31-30-. The predicted octanol–water partition coefficient (Wildman–Crippen LogP) is 21.5. The lowest BCUT2D eigenvalue weighted by Crippen LogP contribution is -2.40. The monoisotopic (exact) mass is 1160 g/mol. The summed E-state index contributed by atoms with van der Waals surface area (Å²) in [5.41, 5.74) is 0. The molecule has 0 aromatic carbocycles. The molecule has 0 heterocycles. The second-order valence-corrected chi connectivity index (χ2v) is 24.5. The van der Waals surface area contributed by atoms with Crippen LogP contribution < -0.4 is 0 Å². The van der Waals surface area contributed by atoms with Crippen LogP contribution in [0.3, 0.4) is 0 Å². The SMILES string of the molecule is CC/C=C\C/C=C\C/C=C\C/C=C\C/C=C\CCCCCCCCCCCCCCCCCCCCCCCC(=O)OC(COC(=O)CCCCCCCCCCC/C=C\C/C=C\CCCCCCC)COC(OCC[N+](C)(C)C)C(=O)O. The van der Waals surface area contributed by atoms with Crippen LogP contribution in [0.4, 0.5) is 0 Å². The van der Waals surface area contributed by atoms with Crippen molar-refractivity contribution in [1.82, 2.24) is 0 Å². The molecule has 0 aliphatic heterocycles. The number of aliphatic carboxylic acids is 1. The van der Waals surface area contributed by atoms with Crippen LogP contribution in [-0.4, -0.2) is 87.4 Å². The molecule has 9 heteroatoms. The maximum absolute atomic E-state index is 12.9. The summed E-state index contributed by atoms with van der Waals surface area (Å²) in [6.45, 7) is 4.78. The van der Waals surface area contributed by atoms with Crippen LogP contribution in [0.5, 0.6) is 0 Å². The predicted molar refractivity (Wildman–Crippen MR) is 355 cm³/mol. The zero-order valence-corrected chi connectivity index (χ0v) is 54.8. The van der Waals surface area contributed by atoms with Crippen LogP contribution in [-0.2, 0) is 33.3 Å². The zero-order valence-electron chi connectivity index (χ0n) is 54.8. The normalized spacial score (nSPS) is 13.2. The Morgan fingerprint density at radius 1 is 0.373 bits per heavy atom. The summed E-state index contributed by atoms with van der Waals surface area (Å²) in [5.74, 6) is -2.00. The molecule has 0 saturated heterocycles. The first kappa shape index (κ1) is 79.5. The topological polar surface area (TPSA) is 108 Å². The van der Waals surface area contributed by atoms with Gasteiger partial charge in [0.1, 0.15) is 13.2 Å². The van der Waals surface area contributed by atoms with E-state index >= 15 is 0 Å². The lowest BCUT2D eigenvalue weighted by molar-refractivity contribution is -0.870. The van der Waals surface area contributed by atoms with Crippen molar-refractivity contribution >= 4 is 17.9 Å². The van der Waals surface area contributed by atoms with Crippen molar-refractivity contribution in [3.8, 4) is 0 Å². The Morgan fingerprint density at radius 2 is 0.687 bits per heavy atom. The van der Waals surface area contributed by atoms with Crippen molar-refractivity contribution in [3.05, 3.63) is 85.1 Å². The number of rotatable bonds is 64. The van der Waals surface area contributed by atoms with Crippen LogP contribution in [0.1, 0.15) is 309 Å². The minimum Gasteiger partial charge on any atom is -0.477 e. The molecule has 0 aromatic rings. The van der Waals surface area contributed by atoms with Gasteiger partial charge in [-0.1, -0.05) is 292 Å². The Morgan fingerprint density at radius 3 is 1.02 bits per heavy atom. The number of carbonyl (C=O) groups is 3. The van der Waals surface area contributed by atoms with Crippen molar-refractivity contribution in [3.63, 3.8) is 0 Å². The maximum atomic E-state index is 12.9. The van der Waals surface area contributed by atoms with Crippen molar-refractivity contribution < 1.29 is 42.9 Å². The number of hydrogen-bond donors (Lipinski definition) is 1. The van der Waals surface area contributed by atoms with Gasteiger partial charge in [-0.3, -0.25) is 9.59 Å². The van der Waals surface area contributed by atoms with E-state index in [2.05, 4.69) is 98.9 Å². The number of carboxylic acids is 1. The summed E-state index contributed by atoms with van der Waals surface area (Å²) in [6.07, 6.45) is 84.1. The summed E-state index contributed by atoms with van der Waals surface area (Å²) in [4.78, 5) is 37.6. The van der Waals surface area contributed by atoms with E-state index in [0.29, 0.717) is 17.4 Å². The molecule has 2 unspecified atom stereocenters. The van der Waals surface area contributed by atoms with E-state index in [1.165, 1.54) is 205 Å². The first-order chi connectivity index (χ1) is 40.6. The summed E-state index contributed by atoms with van der Waals surface area (Å²) < 4.78 is 23.0. The van der Waals surface area contributed by atoms with Crippen molar-refractivity contribution in [2.45, 2.75) is 322 Å². The van der Waals surface area contributed by atoms with E-state index in [9.17, 15) is 19.5 Å². The fourth-order valence-corrected chi connectivity index (χ4v) is 9.84. The highest BCUT2D eigenvalue weighted by molar-refractivity contribution is 5.71. The fourth-order valence-electron chi connectivity index (χ4n) is 9.84. The van der Waals surface area contributed by atoms with Gasteiger partial charge in [0, 0.05) is 12.8 Å². The van der Waals surface area contributed by atoms with Crippen molar-refractivity contribution in [1.29, 1.82) is 0 Å². The Labute approximate surface area is 512 Å². The van der Waals surface area contributed by atoms with Gasteiger partial charge in [-0.25, -0.2) is 4.79 Å². The second-order valence-electron chi connectivity index (χ2n) is 24.5. The van der Waals surface area contributed by atoms with Crippen LogP contribution in [0.25, 0.3) is 0 Å². The third-order valence-corrected chi connectivity index (χ3v) is 15.1. The number of carbonyl (C=O) groups excluding carboxylic acids is 2. The van der Waals surface area contributed by atoms with Crippen LogP contribution in [0, 0.1) is 0 Å². The van der Waals surface area contributed by atoms with Gasteiger partial charge in [0.15, 0.2) is 6.10 Å². The van der Waals surface area contributed by atoms with Gasteiger partial charge in [0.2, 0.25) is 0 Å². The number of unbranched alkanes of at least 4 members (excludes halogenated alkanes) is 35. The van der Waals surface area contributed by atoms with E-state index in [-0.39, 0.29) is 32.2 Å². The zero-order chi connectivity index (χ0) is 60.5. The number of esters is 2. The Balaban J connectivity index is 4.05. The van der Waals surface area contributed by atoms with Gasteiger partial charge in [0.25, 0.3) is 6.29 Å². The molecule has 83 heavy (non-hydrogen) atoms. The number of hydrogen-bond acceptors (Lipinski definition) is 7. The van der Waals surface area contributed by atoms with Crippen LogP contribution in [0.2, 0.25) is 0 Å². The van der Waals surface area contributed by atoms with E-state index in [1.54, 1.807) is 0 Å². The third kappa shape index (κ3) is 65.9. The molecule has 0 aromatic heterocycles. The molecule has 0 rings (SSSR count). The molecular formula is C74H132NO8+. The summed E-state index contributed by atoms with van der Waals surface area (Å²) >= 11 is 0. The van der Waals surface area contributed by atoms with Crippen LogP contribution in [0.15, 0.2) is 85.1 Å². The quantitative estimate of drug-likeness (QED) is 0.0211. The van der Waals surface area contributed by atoms with Crippen molar-refractivity contribution in [2.24, 2.45) is 0 Å². The molecular weight excluding hydrogens is 1030 g/mol. The molecule has 0 saturated carbocycles. The van der Waals surface area contributed by atoms with E-state index in [0.717, 1.165) is 77.0 Å². The number of carboxylic acid groups (broad SMARTS) is 1. The molecule has 0 aliphatic rings. The summed E-state index contributed by atoms with van der Waals surface area (Å²) in [5, 5.41) is 9.74. The molecule has 0 fully saturated rings. The van der Waals surface area contributed by atoms with E-state index in [4.69, 9.17) is 18.9 Å². The lowest BCUT2D eigenvalue weighted by Gasteiger charge is -2.25. The first-order valence-corrected chi connectivity index (χ1v) is 34.8. The second kappa shape index (κ2) is 64.5. The fraction of sp³-hybridized carbons (Fsp3) is 0.770. The molecule has 0 spiro atoms. The Bertz CT molecular complexity index is 1640. The highest BCUT2D eigenvalue weighted by Crippen LogP contribution is 2.18. The van der Waals surface area contributed by atoms with Gasteiger partial charge in [0.05, 0.1) is 34.4 Å². The molecule has 480 valence electrons. The highest BCUT2D eigenvalue weighted by atomic mass is 16.7. The van der Waals surface area contributed by atoms with Gasteiger partial charge in [-0.05, 0) is 89.9 Å². The first-order valence-electron chi connectivity index (χ1n) is 34.8. The number of ether oxygens (including phenoxy) is 4. The minimum atomic E-state index is -1.51. The minimum absolute atomic E-state index is 0.183. The summed E-state index contributed by atoms with van der Waals surface area (Å²) in [6, 6.07) is 0. The molecule has 0 amide bonds. The lowest BCUT2D eigenvalue weighted by atomic mass is 10.0. The van der Waals surface area contributed by atoms with Gasteiger partial charge in [-0.15, -0.1) is 0 Å². The number of allylic oxidation sites excluding steroid dienone is 14. The number of quaternary nitrogens is 1. The largest absolute Gasteiger partial charge is 0.477 e. The van der Waals surface area contributed by atoms with E-state index < -0.39 is 24.3 Å². The smallest absolute Gasteiger partial charge is 0.361 e. The maximum Gasteiger partial charge on any atom is 0.361 e. The average Bonchev–Trinajstić information content (AvgIpc) is 3.46. The Hall–Kier alpha value is -3.53. The molecule has 9 nitrogen and oxygen atoms in total. The Kier molecular flexibility index (Phi) is 61.7. The van der Waals surface area contributed by atoms with Gasteiger partial charge < -0.3 is 28.5 Å². The van der Waals surface area contributed by atoms with Gasteiger partial charge in [-0.2, -0.15) is 0 Å². The molecule has 0 bridgehead atoms. The van der Waals surface area contributed by atoms with E-state index in [1.807, 2.05) is 21.1 Å². The molecule has 2 atom stereocenters. The molecule has 0 radical (unpaired) electrons. The molecule has 1 N–H and O–H groups in total. The van der Waals surface area contributed by atoms with Crippen molar-refractivity contribution in [2.75, 3.05) is 47.5 Å². The summed E-state index contributed by atoms with van der Waals surface area (Å²) in [7, 11) is 5.98. The number of nitrogens with zero attached hydrogens (tertiary/aromatic N) is 1. The molecule has 0 aliphatic carbocycles. The highest BCUT2D eigenvalue weighted by Gasteiger charge is 2.25. The van der Waals surface area contributed by atoms with Gasteiger partial charge >= 0.3 is 17.9 Å².